The van der Waals surface area contributed by atoms with Crippen molar-refractivity contribution in [2.24, 2.45) is 0 Å². The van der Waals surface area contributed by atoms with E-state index in [1.807, 2.05) is 67.7 Å². The summed E-state index contributed by atoms with van der Waals surface area (Å²) in [6.45, 7) is 8.97. The van der Waals surface area contributed by atoms with E-state index in [0.717, 1.165) is 12.1 Å². The van der Waals surface area contributed by atoms with Gasteiger partial charge in [-0.2, -0.15) is 0 Å². The third-order valence-corrected chi connectivity index (χ3v) is 19.8. The second-order valence-electron chi connectivity index (χ2n) is 17.2. The molecule has 0 amide bonds. The Bertz CT molecular complexity index is 3260. The maximum atomic E-state index is 9.32. The van der Waals surface area contributed by atoms with Gasteiger partial charge in [0.2, 0.25) is 8.32 Å². The minimum absolute atomic E-state index is 0.000536. The van der Waals surface area contributed by atoms with E-state index < -0.39 is 183 Å². The smallest absolute Gasteiger partial charge is 0.265 e. The van der Waals surface area contributed by atoms with Crippen LogP contribution in [0, 0.1) is 0 Å². The maximum absolute atomic E-state index is 9.32. The van der Waals surface area contributed by atoms with Gasteiger partial charge < -0.3 is 37.3 Å². The highest BCUT2D eigenvalue weighted by Crippen LogP contribution is 2.57. The Balaban J connectivity index is 1.55. The van der Waals surface area contributed by atoms with Crippen LogP contribution in [0.1, 0.15) is 104 Å². The minimum Gasteiger partial charge on any atom is -0.543 e. The van der Waals surface area contributed by atoms with Crippen LogP contribution in [0.4, 0.5) is 0 Å². The van der Waals surface area contributed by atoms with Gasteiger partial charge in [-0.1, -0.05) is 132 Å². The average Bonchev–Trinajstić information content (AvgIpc) is 3.44. The minimum atomic E-state index is -3.40. The first-order chi connectivity index (χ1) is 36.9. The van der Waals surface area contributed by atoms with Gasteiger partial charge in [-0.25, -0.2) is 0 Å². The molecule has 7 rings (SSSR count). The molecule has 60 heavy (non-hydrogen) atoms. The van der Waals surface area contributed by atoms with E-state index in [1.54, 1.807) is 0 Å². The first-order valence-electron chi connectivity index (χ1n) is 29.8. The van der Waals surface area contributed by atoms with Gasteiger partial charge in [-0.05, 0) is 71.2 Å². The van der Waals surface area contributed by atoms with E-state index in [9.17, 15) is 5.48 Å². The van der Waals surface area contributed by atoms with Crippen molar-refractivity contribution < 1.29 is 66.1 Å². The molecule has 2 aliphatic rings. The van der Waals surface area contributed by atoms with Crippen molar-refractivity contribution in [3.05, 3.63) is 149 Å². The molecule has 0 saturated carbocycles. The second kappa shape index (κ2) is 17.4. The molecule has 1 saturated heterocycles. The molecule has 0 unspecified atom stereocenters. The summed E-state index contributed by atoms with van der Waals surface area (Å²) in [5.41, 5.74) is -2.87. The molecule has 3 atom stereocenters. The molecular weight excluding hydrogens is 785 g/mol. The molecule has 5 aromatic rings. The lowest BCUT2D eigenvalue weighted by atomic mass is 9.88. The van der Waals surface area contributed by atoms with Crippen molar-refractivity contribution in [1.82, 2.24) is 0 Å². The number of hydrogen-bond acceptors (Lipinski definition) is 8. The summed E-state index contributed by atoms with van der Waals surface area (Å²) in [6.07, 6.45) is -2.89. The molecule has 2 heterocycles. The lowest BCUT2D eigenvalue weighted by Crippen LogP contribution is -2.58. The van der Waals surface area contributed by atoms with Crippen LogP contribution in [0.2, 0.25) is 36.3 Å². The fourth-order valence-corrected chi connectivity index (χ4v) is 8.09. The Labute approximate surface area is 388 Å². The molecule has 2 bridgehead atoms. The number of ether oxygens (including phenoxy) is 6. The second-order valence-corrected chi connectivity index (χ2v) is 26.7. The lowest BCUT2D eigenvalue weighted by molar-refractivity contribution is -0.255. The standard InChI is InChI=1S/C50H62O8Si2/c1-48(2,3)59(7,8)57-40-31-43(54-35-38-24-18-13-19-25-38)45-44(32-40)56-50(47(46(45)51-28-29-55-50)58-60(9,10)49(4,5)6)39-26-27-41(52-33-36-20-14-11-15-21-36)42(30-39)53-34-37-22-16-12-17-23-37/h11-27,30-32,46-47H,28-29,33-35H2,1-10H3/t46-,47+,50+/m0/s1/i11D,12D,13D,14D,15D,16D,17D,18D,19D,20D,21D,22D,23D,24D,25D,33D2,34D2,35D2. The Morgan fingerprint density at radius 3 is 1.70 bits per heavy atom. The van der Waals surface area contributed by atoms with Gasteiger partial charge >= 0.3 is 0 Å². The molecular formula is C50H62O8Si2. The fourth-order valence-electron chi connectivity index (χ4n) is 5.81. The van der Waals surface area contributed by atoms with Crippen molar-refractivity contribution in [3.63, 3.8) is 0 Å². The van der Waals surface area contributed by atoms with Gasteiger partial charge in [-0.15, -0.1) is 0 Å². The molecule has 1 fully saturated rings. The quantitative estimate of drug-likeness (QED) is 0.102. The van der Waals surface area contributed by atoms with E-state index in [-0.39, 0.29) is 41.6 Å². The number of fused-ring (bicyclic) bond motifs is 4. The van der Waals surface area contributed by atoms with Crippen LogP contribution < -0.4 is 23.4 Å². The topological polar surface area (TPSA) is 73.8 Å². The molecule has 318 valence electrons. The summed E-state index contributed by atoms with van der Waals surface area (Å²) in [7, 11) is -5.98. The molecule has 8 nitrogen and oxygen atoms in total. The summed E-state index contributed by atoms with van der Waals surface area (Å²) in [6, 6.07) is -7.09. The number of rotatable bonds is 14. The zero-order chi connectivity index (χ0) is 61.2. The van der Waals surface area contributed by atoms with Crippen molar-refractivity contribution in [2.45, 2.75) is 115 Å². The zero-order valence-corrected chi connectivity index (χ0v) is 37.2. The van der Waals surface area contributed by atoms with E-state index in [1.165, 1.54) is 18.2 Å². The normalized spacial score (nSPS) is 25.1. The highest BCUT2D eigenvalue weighted by atomic mass is 28.4. The first-order valence-corrected chi connectivity index (χ1v) is 25.1. The monoisotopic (exact) mass is 868 g/mol. The van der Waals surface area contributed by atoms with E-state index in [2.05, 4.69) is 0 Å². The van der Waals surface area contributed by atoms with E-state index in [4.69, 9.17) is 60.6 Å². The molecule has 0 aliphatic carbocycles. The maximum Gasteiger partial charge on any atom is 0.265 e. The first kappa shape index (κ1) is 24.2. The molecule has 0 radical (unpaired) electrons. The van der Waals surface area contributed by atoms with Crippen molar-refractivity contribution in [3.8, 4) is 28.7 Å². The van der Waals surface area contributed by atoms with Gasteiger partial charge in [0, 0.05) is 17.7 Å². The van der Waals surface area contributed by atoms with Crippen LogP contribution in [0.15, 0.2) is 121 Å². The van der Waals surface area contributed by atoms with Crippen LogP contribution in [-0.2, 0) is 39.4 Å². The Morgan fingerprint density at radius 2 is 1.17 bits per heavy atom. The fraction of sp³-hybridized carbons (Fsp3) is 0.400. The summed E-state index contributed by atoms with van der Waals surface area (Å²) in [5.74, 6) is -4.16. The summed E-state index contributed by atoms with van der Waals surface area (Å²) in [5, 5.41) is -1.02. The molecule has 0 spiro atoms. The molecule has 0 aromatic heterocycles. The van der Waals surface area contributed by atoms with E-state index in [0.29, 0.717) is 0 Å². The van der Waals surface area contributed by atoms with Crippen LogP contribution >= 0.6 is 0 Å². The predicted molar refractivity (Wildman–Crippen MR) is 242 cm³/mol. The highest BCUT2D eigenvalue weighted by Gasteiger charge is 2.59. The third-order valence-electron chi connectivity index (χ3n) is 11.0. The van der Waals surface area contributed by atoms with E-state index >= 15 is 0 Å². The zero-order valence-electron chi connectivity index (χ0n) is 56.2. The van der Waals surface area contributed by atoms with Crippen LogP contribution in [0.25, 0.3) is 0 Å². The van der Waals surface area contributed by atoms with Gasteiger partial charge in [-0.3, -0.25) is 0 Å². The summed E-state index contributed by atoms with van der Waals surface area (Å²) >= 11 is 0. The molecule has 2 aliphatic heterocycles. The highest BCUT2D eigenvalue weighted by molar-refractivity contribution is 6.75. The number of hydrogen-bond donors (Lipinski definition) is 0. The van der Waals surface area contributed by atoms with Gasteiger partial charge in [0.25, 0.3) is 5.79 Å². The van der Waals surface area contributed by atoms with Crippen LogP contribution in [-0.4, -0.2) is 36.0 Å². The Hall–Kier alpha value is -4.59. The third kappa shape index (κ3) is 9.48. The number of benzene rings is 5. The summed E-state index contributed by atoms with van der Waals surface area (Å²) in [4.78, 5) is 0. The average molecular weight is 868 g/mol. The SMILES string of the molecule is [2H]c1c([2H])c([2H])c(C([2H])([2H])Oc2ccc([C@@]34OCCO[C@@H](c5c(OC([2H])([2H])c6c([2H])c([2H])c([2H])c([2H])c6[2H])cc(O[Si](C)(C)C(C)(C)C)cc5O3)[C@H]4O[Si](C)(C)C(C)(C)C)cc2OC([2H])([2H])c2c([2H])c([2H])c([2H])c([2H])c2[2H])c([2H])c1[2H]. The van der Waals surface area contributed by atoms with Crippen molar-refractivity contribution in [2.75, 3.05) is 13.2 Å². The lowest BCUT2D eigenvalue weighted by Gasteiger charge is -2.50. The molecule has 0 N–H and O–H groups in total. The van der Waals surface area contributed by atoms with Gasteiger partial charge in [0.15, 0.2) is 19.8 Å². The largest absolute Gasteiger partial charge is 0.543 e. The summed E-state index contributed by atoms with van der Waals surface area (Å²) < 4.78 is 234. The van der Waals surface area contributed by atoms with Crippen LogP contribution in [0.3, 0.4) is 0 Å². The van der Waals surface area contributed by atoms with Crippen LogP contribution in [0.5, 0.6) is 28.7 Å². The Kier molecular flexibility index (Phi) is 7.01. The molecule has 10 heteroatoms. The Morgan fingerprint density at radius 1 is 0.650 bits per heavy atom. The van der Waals surface area contributed by atoms with Crippen molar-refractivity contribution >= 4 is 16.6 Å². The molecule has 5 aromatic carbocycles. The predicted octanol–water partition coefficient (Wildman–Crippen LogP) is 12.5. The van der Waals surface area contributed by atoms with Gasteiger partial charge in [0.1, 0.15) is 49.1 Å². The van der Waals surface area contributed by atoms with Gasteiger partial charge in [0.05, 0.1) is 47.6 Å². The van der Waals surface area contributed by atoms with Crippen molar-refractivity contribution in [1.29, 1.82) is 0 Å².